The van der Waals surface area contributed by atoms with Crippen molar-refractivity contribution in [3.8, 4) is 11.5 Å². The number of benzene rings is 2. The molecular formula is C14H16N2O4S. The van der Waals surface area contributed by atoms with E-state index in [-0.39, 0.29) is 17.3 Å². The maximum absolute atomic E-state index is 11.5. The van der Waals surface area contributed by atoms with Crippen LogP contribution in [0.4, 0.5) is 5.69 Å². The van der Waals surface area contributed by atoms with Crippen molar-refractivity contribution in [2.45, 2.75) is 11.5 Å². The van der Waals surface area contributed by atoms with Gasteiger partial charge in [0.15, 0.2) is 0 Å². The third kappa shape index (κ3) is 3.87. The minimum atomic E-state index is -3.90. The molecule has 0 aliphatic rings. The van der Waals surface area contributed by atoms with Gasteiger partial charge in [-0.05, 0) is 35.9 Å². The fraction of sp³-hybridized carbons (Fsp3) is 0.143. The summed E-state index contributed by atoms with van der Waals surface area (Å²) in [4.78, 5) is -0.134. The molecule has 0 bridgehead atoms. The van der Waals surface area contributed by atoms with Crippen LogP contribution in [0, 0.1) is 0 Å². The van der Waals surface area contributed by atoms with Gasteiger partial charge in [-0.25, -0.2) is 13.6 Å². The highest BCUT2D eigenvalue weighted by molar-refractivity contribution is 7.89. The van der Waals surface area contributed by atoms with E-state index >= 15 is 0 Å². The van der Waals surface area contributed by atoms with Gasteiger partial charge in [-0.1, -0.05) is 12.1 Å². The van der Waals surface area contributed by atoms with Crippen molar-refractivity contribution in [1.82, 2.24) is 0 Å². The van der Waals surface area contributed by atoms with Crippen LogP contribution in [0.25, 0.3) is 0 Å². The molecule has 0 fully saturated rings. The summed E-state index contributed by atoms with van der Waals surface area (Å²) in [6.45, 7) is 0.184. The minimum absolute atomic E-state index is 0.134. The van der Waals surface area contributed by atoms with Crippen molar-refractivity contribution in [3.63, 3.8) is 0 Å². The van der Waals surface area contributed by atoms with Crippen LogP contribution >= 0.6 is 0 Å². The molecule has 0 atom stereocenters. The maximum atomic E-state index is 11.5. The largest absolute Gasteiger partial charge is 0.497 e. The monoisotopic (exact) mass is 308 g/mol. The van der Waals surface area contributed by atoms with Crippen LogP contribution in [-0.2, 0) is 16.6 Å². The van der Waals surface area contributed by atoms with Gasteiger partial charge in [0.1, 0.15) is 23.0 Å². The molecule has 7 heteroatoms. The van der Waals surface area contributed by atoms with Crippen molar-refractivity contribution >= 4 is 15.7 Å². The molecule has 6 nitrogen and oxygen atoms in total. The summed E-state index contributed by atoms with van der Waals surface area (Å²) in [5, 5.41) is 5.16. The normalized spacial score (nSPS) is 11.1. The first-order valence-electron chi connectivity index (χ1n) is 6.08. The molecule has 2 rings (SSSR count). The lowest BCUT2D eigenvalue weighted by Crippen LogP contribution is -2.14. The molecule has 112 valence electrons. The molecule has 0 saturated carbocycles. The van der Waals surface area contributed by atoms with Crippen molar-refractivity contribution < 1.29 is 17.9 Å². The van der Waals surface area contributed by atoms with Gasteiger partial charge in [-0.15, -0.1) is 0 Å². The lowest BCUT2D eigenvalue weighted by atomic mass is 10.2. The zero-order chi connectivity index (χ0) is 15.5. The summed E-state index contributed by atoms with van der Waals surface area (Å²) in [5.74, 6) is 0.856. The second kappa shape index (κ2) is 6.02. The van der Waals surface area contributed by atoms with E-state index in [0.717, 1.165) is 5.56 Å². The van der Waals surface area contributed by atoms with E-state index in [1.165, 1.54) is 12.1 Å². The number of sulfonamides is 1. The first-order valence-corrected chi connectivity index (χ1v) is 7.63. The molecule has 0 aliphatic carbocycles. The summed E-state index contributed by atoms with van der Waals surface area (Å²) >= 11 is 0. The molecule has 21 heavy (non-hydrogen) atoms. The number of nitrogen functional groups attached to an aromatic ring is 1. The van der Waals surface area contributed by atoms with Crippen LogP contribution in [0.1, 0.15) is 5.56 Å². The summed E-state index contributed by atoms with van der Waals surface area (Å²) in [5.41, 5.74) is 6.72. The van der Waals surface area contributed by atoms with Crippen molar-refractivity contribution in [3.05, 3.63) is 48.0 Å². The third-order valence-electron chi connectivity index (χ3n) is 2.80. The molecule has 2 aromatic rings. The number of hydrogen-bond donors (Lipinski definition) is 2. The quantitative estimate of drug-likeness (QED) is 0.814. The molecule has 0 spiro atoms. The first-order chi connectivity index (χ1) is 9.90. The molecule has 0 amide bonds. The van der Waals surface area contributed by atoms with E-state index < -0.39 is 10.0 Å². The molecule has 4 N–H and O–H groups in total. The van der Waals surface area contributed by atoms with Crippen LogP contribution in [-0.4, -0.2) is 15.5 Å². The number of ether oxygens (including phenoxy) is 2. The summed E-state index contributed by atoms with van der Waals surface area (Å²) in [7, 11) is -2.33. The summed E-state index contributed by atoms with van der Waals surface area (Å²) in [6.07, 6.45) is 0. The molecule has 0 aliphatic heterocycles. The smallest absolute Gasteiger partial charge is 0.241 e. The van der Waals surface area contributed by atoms with Crippen LogP contribution in [0.3, 0.4) is 0 Å². The fourth-order valence-electron chi connectivity index (χ4n) is 1.79. The standard InChI is InChI=1S/C14H16N2O4S/c1-19-12-4-2-3-10(7-12)9-20-13-6-5-11(15)8-14(13)21(16,17)18/h2-8H,9,15H2,1H3,(H2,16,17,18). The number of methoxy groups -OCH3 is 1. The van der Waals surface area contributed by atoms with Crippen molar-refractivity contribution in [2.75, 3.05) is 12.8 Å². The van der Waals surface area contributed by atoms with E-state index in [9.17, 15) is 8.42 Å². The Kier molecular flexibility index (Phi) is 4.35. The second-order valence-corrected chi connectivity index (χ2v) is 5.92. The van der Waals surface area contributed by atoms with Crippen LogP contribution in [0.2, 0.25) is 0 Å². The van der Waals surface area contributed by atoms with Crippen LogP contribution in [0.5, 0.6) is 11.5 Å². The Bertz CT molecular complexity index is 744. The zero-order valence-corrected chi connectivity index (χ0v) is 12.3. The zero-order valence-electron chi connectivity index (χ0n) is 11.4. The number of anilines is 1. The predicted octanol–water partition coefficient (Wildman–Crippen LogP) is 1.50. The second-order valence-electron chi connectivity index (χ2n) is 4.39. The molecule has 0 saturated heterocycles. The van der Waals surface area contributed by atoms with Gasteiger partial charge in [-0.2, -0.15) is 0 Å². The summed E-state index contributed by atoms with van der Waals surface area (Å²) in [6, 6.07) is 11.6. The van der Waals surface area contributed by atoms with Crippen molar-refractivity contribution in [2.24, 2.45) is 5.14 Å². The van der Waals surface area contributed by atoms with E-state index in [1.807, 2.05) is 18.2 Å². The van der Waals surface area contributed by atoms with E-state index in [4.69, 9.17) is 20.3 Å². The number of rotatable bonds is 5. The molecule has 0 radical (unpaired) electrons. The first kappa shape index (κ1) is 15.1. The highest BCUT2D eigenvalue weighted by Crippen LogP contribution is 2.26. The highest BCUT2D eigenvalue weighted by atomic mass is 32.2. The Labute approximate surface area is 123 Å². The van der Waals surface area contributed by atoms with Gasteiger partial charge in [0, 0.05) is 5.69 Å². The Morgan fingerprint density at radius 2 is 1.90 bits per heavy atom. The molecule has 0 aromatic heterocycles. The SMILES string of the molecule is COc1cccc(COc2ccc(N)cc2S(N)(=O)=O)c1. The van der Waals surface area contributed by atoms with Crippen LogP contribution < -0.4 is 20.3 Å². The van der Waals surface area contributed by atoms with Crippen molar-refractivity contribution in [1.29, 1.82) is 0 Å². The van der Waals surface area contributed by atoms with Gasteiger partial charge >= 0.3 is 0 Å². The third-order valence-corrected chi connectivity index (χ3v) is 3.73. The Morgan fingerprint density at radius 1 is 1.14 bits per heavy atom. The van der Waals surface area contributed by atoms with Gasteiger partial charge in [0.2, 0.25) is 10.0 Å². The van der Waals surface area contributed by atoms with E-state index in [1.54, 1.807) is 19.2 Å². The Balaban J connectivity index is 2.24. The Morgan fingerprint density at radius 3 is 2.57 bits per heavy atom. The van der Waals surface area contributed by atoms with Gasteiger partial charge in [0.05, 0.1) is 7.11 Å². The lowest BCUT2D eigenvalue weighted by molar-refractivity contribution is 0.297. The number of primary sulfonamides is 1. The van der Waals surface area contributed by atoms with E-state index in [2.05, 4.69) is 0 Å². The lowest BCUT2D eigenvalue weighted by Gasteiger charge is -2.11. The van der Waals surface area contributed by atoms with Gasteiger partial charge in [0.25, 0.3) is 0 Å². The molecule has 2 aromatic carbocycles. The molecular weight excluding hydrogens is 292 g/mol. The topological polar surface area (TPSA) is 105 Å². The molecule has 0 unspecified atom stereocenters. The van der Waals surface area contributed by atoms with Crippen LogP contribution in [0.15, 0.2) is 47.4 Å². The minimum Gasteiger partial charge on any atom is -0.497 e. The maximum Gasteiger partial charge on any atom is 0.241 e. The van der Waals surface area contributed by atoms with E-state index in [0.29, 0.717) is 11.4 Å². The highest BCUT2D eigenvalue weighted by Gasteiger charge is 2.15. The average molecular weight is 308 g/mol. The Hall–Kier alpha value is -2.25. The predicted molar refractivity (Wildman–Crippen MR) is 79.6 cm³/mol. The summed E-state index contributed by atoms with van der Waals surface area (Å²) < 4.78 is 33.7. The fourth-order valence-corrected chi connectivity index (χ4v) is 2.50. The molecule has 0 heterocycles. The number of nitrogens with two attached hydrogens (primary N) is 2. The van der Waals surface area contributed by atoms with Gasteiger partial charge < -0.3 is 15.2 Å². The average Bonchev–Trinajstić information content (AvgIpc) is 2.45. The number of hydrogen-bond acceptors (Lipinski definition) is 5. The van der Waals surface area contributed by atoms with Gasteiger partial charge in [-0.3, -0.25) is 0 Å².